The first kappa shape index (κ1) is 12.9. The maximum Gasteiger partial charge on any atom is 0.226 e. The summed E-state index contributed by atoms with van der Waals surface area (Å²) in [5, 5.41) is 4.15. The van der Waals surface area contributed by atoms with E-state index in [0.717, 1.165) is 50.5 Å². The van der Waals surface area contributed by atoms with E-state index in [-0.39, 0.29) is 5.92 Å². The first-order valence-electron chi connectivity index (χ1n) is 7.01. The first-order valence-corrected chi connectivity index (χ1v) is 7.39. The summed E-state index contributed by atoms with van der Waals surface area (Å²) in [4.78, 5) is 14.5. The molecule has 0 aromatic heterocycles. The lowest BCUT2D eigenvalue weighted by atomic mass is 9.94. The van der Waals surface area contributed by atoms with Crippen LogP contribution in [0.3, 0.4) is 0 Å². The summed E-state index contributed by atoms with van der Waals surface area (Å²) in [6.07, 6.45) is 2.82. The lowest BCUT2D eigenvalue weighted by Crippen LogP contribution is -2.43. The summed E-state index contributed by atoms with van der Waals surface area (Å²) < 4.78 is 0. The summed E-state index contributed by atoms with van der Waals surface area (Å²) >= 11 is 6.21. The van der Waals surface area contributed by atoms with Crippen molar-refractivity contribution in [2.75, 3.05) is 19.6 Å². The van der Waals surface area contributed by atoms with Crippen LogP contribution in [0.4, 0.5) is 0 Å². The Kier molecular flexibility index (Phi) is 3.76. The van der Waals surface area contributed by atoms with Crippen molar-refractivity contribution in [1.82, 2.24) is 10.2 Å². The summed E-state index contributed by atoms with van der Waals surface area (Å²) in [7, 11) is 0. The van der Waals surface area contributed by atoms with Crippen LogP contribution < -0.4 is 5.32 Å². The molecule has 2 heterocycles. The van der Waals surface area contributed by atoms with Crippen molar-refractivity contribution in [2.45, 2.75) is 25.8 Å². The fourth-order valence-corrected chi connectivity index (χ4v) is 3.37. The monoisotopic (exact) mass is 278 g/mol. The number of halogens is 1. The normalized spacial score (nSPS) is 20.2. The molecule has 1 aromatic rings. The Balaban J connectivity index is 1.73. The Labute approximate surface area is 118 Å². The molecule has 1 amide bonds. The lowest BCUT2D eigenvalue weighted by Gasteiger charge is -2.33. The maximum atomic E-state index is 12.5. The average Bonchev–Trinajstić information content (AvgIpc) is 2.47. The highest BCUT2D eigenvalue weighted by atomic mass is 35.5. The van der Waals surface area contributed by atoms with Crippen molar-refractivity contribution >= 4 is 17.5 Å². The number of hydrogen-bond acceptors (Lipinski definition) is 2. The SMILES string of the molecule is O=C(C1CCNCC1)N1CCc2c(Cl)cccc2C1. The quantitative estimate of drug-likeness (QED) is 0.854. The second-order valence-corrected chi connectivity index (χ2v) is 5.82. The van der Waals surface area contributed by atoms with Gasteiger partial charge in [-0.3, -0.25) is 4.79 Å². The van der Waals surface area contributed by atoms with Crippen LogP contribution in [-0.2, 0) is 17.8 Å². The van der Waals surface area contributed by atoms with Gasteiger partial charge in [-0.2, -0.15) is 0 Å². The Morgan fingerprint density at radius 1 is 1.32 bits per heavy atom. The van der Waals surface area contributed by atoms with Crippen LogP contribution >= 0.6 is 11.6 Å². The third-order valence-corrected chi connectivity index (χ3v) is 4.56. The molecule has 0 aliphatic carbocycles. The number of carbonyl (C=O) groups excluding carboxylic acids is 1. The lowest BCUT2D eigenvalue weighted by molar-refractivity contribution is -0.137. The van der Waals surface area contributed by atoms with Crippen molar-refractivity contribution in [3.8, 4) is 0 Å². The van der Waals surface area contributed by atoms with Gasteiger partial charge in [-0.05, 0) is 49.5 Å². The molecule has 4 heteroatoms. The number of nitrogens with zero attached hydrogens (tertiary/aromatic N) is 1. The third kappa shape index (κ3) is 2.63. The standard InChI is InChI=1S/C15H19ClN2O/c16-14-3-1-2-12-10-18(9-6-13(12)14)15(19)11-4-7-17-8-5-11/h1-3,11,17H,4-10H2. The molecule has 1 fully saturated rings. The van der Waals surface area contributed by atoms with E-state index < -0.39 is 0 Å². The predicted molar refractivity (Wildman–Crippen MR) is 76.2 cm³/mol. The maximum absolute atomic E-state index is 12.5. The van der Waals surface area contributed by atoms with Gasteiger partial charge in [0.1, 0.15) is 0 Å². The highest BCUT2D eigenvalue weighted by molar-refractivity contribution is 6.31. The molecule has 1 N–H and O–H groups in total. The Hall–Kier alpha value is -1.06. The molecule has 2 aliphatic heterocycles. The van der Waals surface area contributed by atoms with E-state index in [1.54, 1.807) is 0 Å². The smallest absolute Gasteiger partial charge is 0.226 e. The molecule has 19 heavy (non-hydrogen) atoms. The van der Waals surface area contributed by atoms with E-state index in [2.05, 4.69) is 11.4 Å². The van der Waals surface area contributed by atoms with Gasteiger partial charge >= 0.3 is 0 Å². The molecule has 0 bridgehead atoms. The molecule has 3 rings (SSSR count). The number of rotatable bonds is 1. The molecule has 1 aromatic carbocycles. The van der Waals surface area contributed by atoms with Crippen molar-refractivity contribution in [3.05, 3.63) is 34.3 Å². The zero-order valence-corrected chi connectivity index (χ0v) is 11.7. The Morgan fingerprint density at radius 2 is 2.11 bits per heavy atom. The van der Waals surface area contributed by atoms with Crippen LogP contribution in [0.15, 0.2) is 18.2 Å². The number of carbonyl (C=O) groups is 1. The molecule has 0 unspecified atom stereocenters. The van der Waals surface area contributed by atoms with Crippen LogP contribution in [0.5, 0.6) is 0 Å². The first-order chi connectivity index (χ1) is 9.25. The Bertz CT molecular complexity index is 483. The zero-order chi connectivity index (χ0) is 13.2. The van der Waals surface area contributed by atoms with E-state index in [0.29, 0.717) is 5.91 Å². The minimum absolute atomic E-state index is 0.210. The fourth-order valence-electron chi connectivity index (χ4n) is 3.08. The average molecular weight is 279 g/mol. The number of hydrogen-bond donors (Lipinski definition) is 1. The zero-order valence-electron chi connectivity index (χ0n) is 11.0. The highest BCUT2D eigenvalue weighted by Crippen LogP contribution is 2.27. The molecule has 0 atom stereocenters. The molecular formula is C15H19ClN2O. The fraction of sp³-hybridized carbons (Fsp3) is 0.533. The van der Waals surface area contributed by atoms with Gasteiger partial charge in [-0.1, -0.05) is 23.7 Å². The van der Waals surface area contributed by atoms with Gasteiger partial charge in [0.2, 0.25) is 5.91 Å². The second-order valence-electron chi connectivity index (χ2n) is 5.41. The van der Waals surface area contributed by atoms with Crippen LogP contribution in [0.25, 0.3) is 0 Å². The minimum Gasteiger partial charge on any atom is -0.338 e. The minimum atomic E-state index is 0.210. The second kappa shape index (κ2) is 5.51. The van der Waals surface area contributed by atoms with E-state index in [1.165, 1.54) is 11.1 Å². The number of piperidine rings is 1. The van der Waals surface area contributed by atoms with Crippen molar-refractivity contribution < 1.29 is 4.79 Å². The van der Waals surface area contributed by atoms with Crippen LogP contribution in [0, 0.1) is 5.92 Å². The van der Waals surface area contributed by atoms with Crippen molar-refractivity contribution in [2.24, 2.45) is 5.92 Å². The van der Waals surface area contributed by atoms with Crippen molar-refractivity contribution in [3.63, 3.8) is 0 Å². The van der Waals surface area contributed by atoms with Gasteiger partial charge in [0.15, 0.2) is 0 Å². The van der Waals surface area contributed by atoms with Crippen LogP contribution in [0.2, 0.25) is 5.02 Å². The number of nitrogens with one attached hydrogen (secondary N) is 1. The van der Waals surface area contributed by atoms with Crippen molar-refractivity contribution in [1.29, 1.82) is 0 Å². The topological polar surface area (TPSA) is 32.3 Å². The van der Waals surface area contributed by atoms with E-state index >= 15 is 0 Å². The summed E-state index contributed by atoms with van der Waals surface area (Å²) in [6, 6.07) is 5.99. The van der Waals surface area contributed by atoms with Gasteiger partial charge < -0.3 is 10.2 Å². The van der Waals surface area contributed by atoms with Gasteiger partial charge in [-0.15, -0.1) is 0 Å². The number of fused-ring (bicyclic) bond motifs is 1. The van der Waals surface area contributed by atoms with Gasteiger partial charge in [0.05, 0.1) is 0 Å². The van der Waals surface area contributed by atoms with E-state index in [1.807, 2.05) is 17.0 Å². The summed E-state index contributed by atoms with van der Waals surface area (Å²) in [5.41, 5.74) is 2.43. The molecule has 0 saturated carbocycles. The van der Waals surface area contributed by atoms with Crippen LogP contribution in [0.1, 0.15) is 24.0 Å². The molecular weight excluding hydrogens is 260 g/mol. The third-order valence-electron chi connectivity index (χ3n) is 4.21. The van der Waals surface area contributed by atoms with Gasteiger partial charge in [0.25, 0.3) is 0 Å². The van der Waals surface area contributed by atoms with E-state index in [9.17, 15) is 4.79 Å². The summed E-state index contributed by atoms with van der Waals surface area (Å²) in [6.45, 7) is 3.46. The van der Waals surface area contributed by atoms with Gasteiger partial charge in [0, 0.05) is 24.0 Å². The van der Waals surface area contributed by atoms with E-state index in [4.69, 9.17) is 11.6 Å². The molecule has 0 spiro atoms. The number of amides is 1. The molecule has 2 aliphatic rings. The van der Waals surface area contributed by atoms with Crippen LogP contribution in [-0.4, -0.2) is 30.4 Å². The Morgan fingerprint density at radius 3 is 2.89 bits per heavy atom. The molecule has 3 nitrogen and oxygen atoms in total. The number of benzene rings is 1. The molecule has 1 saturated heterocycles. The summed E-state index contributed by atoms with van der Waals surface area (Å²) in [5.74, 6) is 0.536. The highest BCUT2D eigenvalue weighted by Gasteiger charge is 2.28. The largest absolute Gasteiger partial charge is 0.338 e. The predicted octanol–water partition coefficient (Wildman–Crippen LogP) is 2.22. The molecule has 0 radical (unpaired) electrons. The van der Waals surface area contributed by atoms with Gasteiger partial charge in [-0.25, -0.2) is 0 Å². The molecule has 102 valence electrons.